The van der Waals surface area contributed by atoms with Gasteiger partial charge in [0.15, 0.2) is 0 Å². The lowest BCUT2D eigenvalue weighted by Gasteiger charge is -2.17. The van der Waals surface area contributed by atoms with E-state index in [-0.39, 0.29) is 6.54 Å². The largest absolute Gasteiger partial charge is 0.480 e. The Morgan fingerprint density at radius 2 is 2.15 bits per heavy atom. The minimum Gasteiger partial charge on any atom is -0.480 e. The first-order valence-corrected chi connectivity index (χ1v) is 4.63. The van der Waals surface area contributed by atoms with Crippen molar-refractivity contribution in [3.8, 4) is 0 Å². The van der Waals surface area contributed by atoms with Gasteiger partial charge in [0.1, 0.15) is 0 Å². The standard InChI is InChI=1S/C9H19NO3/c1-3-10(8-9(11)12)6-4-5-7-13-2/h3-8H2,1-2H3,(H,11,12). The van der Waals surface area contributed by atoms with Gasteiger partial charge in [-0.2, -0.15) is 0 Å². The Morgan fingerprint density at radius 3 is 2.62 bits per heavy atom. The third kappa shape index (κ3) is 7.74. The van der Waals surface area contributed by atoms with Gasteiger partial charge in [-0.1, -0.05) is 6.92 Å². The van der Waals surface area contributed by atoms with Crippen LogP contribution in [0.1, 0.15) is 19.8 Å². The smallest absolute Gasteiger partial charge is 0.317 e. The summed E-state index contributed by atoms with van der Waals surface area (Å²) in [5.41, 5.74) is 0. The Labute approximate surface area is 79.5 Å². The van der Waals surface area contributed by atoms with Crippen LogP contribution in [0.15, 0.2) is 0 Å². The van der Waals surface area contributed by atoms with Crippen molar-refractivity contribution in [1.82, 2.24) is 4.90 Å². The predicted octanol–water partition coefficient (Wildman–Crippen LogP) is 0.820. The topological polar surface area (TPSA) is 49.8 Å². The van der Waals surface area contributed by atoms with Crippen molar-refractivity contribution in [1.29, 1.82) is 0 Å². The monoisotopic (exact) mass is 189 g/mol. The van der Waals surface area contributed by atoms with Gasteiger partial charge in [0.2, 0.25) is 0 Å². The van der Waals surface area contributed by atoms with E-state index in [0.717, 1.165) is 32.5 Å². The van der Waals surface area contributed by atoms with Gasteiger partial charge in [0, 0.05) is 13.7 Å². The maximum absolute atomic E-state index is 10.4. The summed E-state index contributed by atoms with van der Waals surface area (Å²) in [6.45, 7) is 4.50. The summed E-state index contributed by atoms with van der Waals surface area (Å²) in [4.78, 5) is 12.3. The Balaban J connectivity index is 3.42. The zero-order chi connectivity index (χ0) is 10.1. The highest BCUT2D eigenvalue weighted by Gasteiger charge is 2.05. The van der Waals surface area contributed by atoms with Crippen molar-refractivity contribution >= 4 is 5.97 Å². The lowest BCUT2D eigenvalue weighted by Crippen LogP contribution is -2.30. The summed E-state index contributed by atoms with van der Waals surface area (Å²) in [6.07, 6.45) is 1.99. The minimum atomic E-state index is -0.756. The summed E-state index contributed by atoms with van der Waals surface area (Å²) in [5, 5.41) is 8.55. The molecule has 0 aliphatic rings. The molecule has 78 valence electrons. The van der Waals surface area contributed by atoms with Crippen molar-refractivity contribution in [3.05, 3.63) is 0 Å². The maximum atomic E-state index is 10.4. The quantitative estimate of drug-likeness (QED) is 0.574. The fourth-order valence-corrected chi connectivity index (χ4v) is 1.12. The highest BCUT2D eigenvalue weighted by molar-refractivity contribution is 5.69. The fourth-order valence-electron chi connectivity index (χ4n) is 1.12. The van der Waals surface area contributed by atoms with Crippen LogP contribution in [0.5, 0.6) is 0 Å². The molecule has 0 aliphatic carbocycles. The lowest BCUT2D eigenvalue weighted by atomic mass is 10.3. The summed E-state index contributed by atoms with van der Waals surface area (Å²) in [7, 11) is 1.68. The molecule has 0 heterocycles. The van der Waals surface area contributed by atoms with E-state index in [1.54, 1.807) is 7.11 Å². The number of methoxy groups -OCH3 is 1. The summed E-state index contributed by atoms with van der Waals surface area (Å²) in [6, 6.07) is 0. The van der Waals surface area contributed by atoms with E-state index in [9.17, 15) is 4.79 Å². The van der Waals surface area contributed by atoms with Crippen molar-refractivity contribution in [2.24, 2.45) is 0 Å². The van der Waals surface area contributed by atoms with Crippen LogP contribution in [0.3, 0.4) is 0 Å². The van der Waals surface area contributed by atoms with Crippen LogP contribution in [0, 0.1) is 0 Å². The molecule has 4 heteroatoms. The van der Waals surface area contributed by atoms with Crippen LogP contribution >= 0.6 is 0 Å². The summed E-state index contributed by atoms with van der Waals surface area (Å²) in [5.74, 6) is -0.756. The number of rotatable bonds is 8. The Bertz CT molecular complexity index is 139. The van der Waals surface area contributed by atoms with Gasteiger partial charge >= 0.3 is 5.97 Å². The average molecular weight is 189 g/mol. The Kier molecular flexibility index (Phi) is 7.63. The molecule has 0 radical (unpaired) electrons. The molecule has 0 atom stereocenters. The van der Waals surface area contributed by atoms with E-state index in [2.05, 4.69) is 0 Å². The van der Waals surface area contributed by atoms with Gasteiger partial charge in [-0.25, -0.2) is 0 Å². The molecule has 0 rings (SSSR count). The number of carboxylic acids is 1. The summed E-state index contributed by atoms with van der Waals surface area (Å²) >= 11 is 0. The normalized spacial score (nSPS) is 10.7. The van der Waals surface area contributed by atoms with Crippen LogP contribution in [-0.2, 0) is 9.53 Å². The molecule has 0 aliphatic heterocycles. The third-order valence-corrected chi connectivity index (χ3v) is 1.88. The van der Waals surface area contributed by atoms with Crippen molar-refractivity contribution in [2.45, 2.75) is 19.8 Å². The molecular formula is C9H19NO3. The SMILES string of the molecule is CCN(CCCCOC)CC(=O)O. The molecular weight excluding hydrogens is 170 g/mol. The van der Waals surface area contributed by atoms with Gasteiger partial charge < -0.3 is 9.84 Å². The van der Waals surface area contributed by atoms with Gasteiger partial charge in [-0.15, -0.1) is 0 Å². The van der Waals surface area contributed by atoms with Crippen molar-refractivity contribution < 1.29 is 14.6 Å². The molecule has 0 fully saturated rings. The molecule has 0 saturated heterocycles. The highest BCUT2D eigenvalue weighted by Crippen LogP contribution is 1.95. The number of carboxylic acid groups (broad SMARTS) is 1. The first-order valence-electron chi connectivity index (χ1n) is 4.63. The highest BCUT2D eigenvalue weighted by atomic mass is 16.5. The minimum absolute atomic E-state index is 0.142. The van der Waals surface area contributed by atoms with Gasteiger partial charge in [0.05, 0.1) is 6.54 Å². The van der Waals surface area contributed by atoms with E-state index in [0.29, 0.717) is 0 Å². The van der Waals surface area contributed by atoms with Crippen LogP contribution in [-0.4, -0.2) is 49.3 Å². The molecule has 4 nitrogen and oxygen atoms in total. The number of nitrogens with zero attached hydrogens (tertiary/aromatic N) is 1. The van der Waals surface area contributed by atoms with Gasteiger partial charge in [-0.05, 0) is 25.9 Å². The zero-order valence-electron chi connectivity index (χ0n) is 8.45. The van der Waals surface area contributed by atoms with Crippen molar-refractivity contribution in [2.75, 3.05) is 33.4 Å². The number of hydrogen-bond donors (Lipinski definition) is 1. The van der Waals surface area contributed by atoms with Gasteiger partial charge in [-0.3, -0.25) is 9.69 Å². The fraction of sp³-hybridized carbons (Fsp3) is 0.889. The molecule has 0 aromatic rings. The Hall–Kier alpha value is -0.610. The second-order valence-electron chi connectivity index (χ2n) is 2.96. The molecule has 0 spiro atoms. The van der Waals surface area contributed by atoms with E-state index < -0.39 is 5.97 Å². The maximum Gasteiger partial charge on any atom is 0.317 e. The van der Waals surface area contributed by atoms with Gasteiger partial charge in [0.25, 0.3) is 0 Å². The average Bonchev–Trinajstić information content (AvgIpc) is 2.09. The number of ether oxygens (including phenoxy) is 1. The second-order valence-corrected chi connectivity index (χ2v) is 2.96. The van der Waals surface area contributed by atoms with E-state index in [1.807, 2.05) is 11.8 Å². The Morgan fingerprint density at radius 1 is 1.46 bits per heavy atom. The number of unbranched alkanes of at least 4 members (excludes halogenated alkanes) is 1. The van der Waals surface area contributed by atoms with Crippen LogP contribution in [0.25, 0.3) is 0 Å². The van der Waals surface area contributed by atoms with Crippen LogP contribution in [0.2, 0.25) is 0 Å². The van der Waals surface area contributed by atoms with Crippen LogP contribution in [0.4, 0.5) is 0 Å². The molecule has 0 unspecified atom stereocenters. The zero-order valence-corrected chi connectivity index (χ0v) is 8.45. The lowest BCUT2D eigenvalue weighted by molar-refractivity contribution is -0.138. The molecule has 0 aromatic carbocycles. The molecule has 0 saturated carbocycles. The molecule has 0 amide bonds. The molecule has 0 aromatic heterocycles. The van der Waals surface area contributed by atoms with Crippen molar-refractivity contribution in [3.63, 3.8) is 0 Å². The van der Waals surface area contributed by atoms with Crippen LogP contribution < -0.4 is 0 Å². The number of likely N-dealkylation sites (N-methyl/N-ethyl adjacent to an activating group) is 1. The van der Waals surface area contributed by atoms with E-state index in [1.165, 1.54) is 0 Å². The van der Waals surface area contributed by atoms with E-state index >= 15 is 0 Å². The molecule has 13 heavy (non-hydrogen) atoms. The third-order valence-electron chi connectivity index (χ3n) is 1.88. The number of hydrogen-bond acceptors (Lipinski definition) is 3. The van der Waals surface area contributed by atoms with E-state index in [4.69, 9.17) is 9.84 Å². The number of aliphatic carboxylic acids is 1. The first kappa shape index (κ1) is 12.4. The first-order chi connectivity index (χ1) is 6.20. The molecule has 0 bridgehead atoms. The predicted molar refractivity (Wildman–Crippen MR) is 50.9 cm³/mol. The number of carbonyl (C=O) groups is 1. The summed E-state index contributed by atoms with van der Waals surface area (Å²) < 4.78 is 4.90. The molecule has 1 N–H and O–H groups in total. The second kappa shape index (κ2) is 8.01.